The molecular weight excluding hydrogens is 248 g/mol. The van der Waals surface area contributed by atoms with E-state index in [1.54, 1.807) is 0 Å². The Labute approximate surface area is 122 Å². The lowest BCUT2D eigenvalue weighted by Gasteiger charge is -2.24. The second-order valence-electron chi connectivity index (χ2n) is 5.99. The molecule has 1 aromatic rings. The summed E-state index contributed by atoms with van der Waals surface area (Å²) < 4.78 is 0. The summed E-state index contributed by atoms with van der Waals surface area (Å²) in [5.74, 6) is 0.695. The molecule has 1 aliphatic rings. The molecule has 3 nitrogen and oxygen atoms in total. The highest BCUT2D eigenvalue weighted by molar-refractivity contribution is 5.92. The minimum Gasteiger partial charge on any atom is -0.326 e. The van der Waals surface area contributed by atoms with E-state index in [2.05, 4.69) is 49.6 Å². The summed E-state index contributed by atoms with van der Waals surface area (Å²) in [5, 5.41) is 6.63. The van der Waals surface area contributed by atoms with Crippen LogP contribution in [0.2, 0.25) is 0 Å². The van der Waals surface area contributed by atoms with Crippen molar-refractivity contribution >= 4 is 11.6 Å². The van der Waals surface area contributed by atoms with E-state index in [1.165, 1.54) is 11.1 Å². The van der Waals surface area contributed by atoms with Gasteiger partial charge < -0.3 is 10.6 Å². The van der Waals surface area contributed by atoms with E-state index in [0.717, 1.165) is 31.5 Å². The van der Waals surface area contributed by atoms with Crippen molar-refractivity contribution in [2.75, 3.05) is 11.9 Å². The molecule has 3 heteroatoms. The van der Waals surface area contributed by atoms with E-state index in [-0.39, 0.29) is 5.91 Å². The monoisotopic (exact) mass is 274 g/mol. The molecule has 1 aliphatic heterocycles. The number of benzene rings is 1. The van der Waals surface area contributed by atoms with E-state index in [9.17, 15) is 4.79 Å². The van der Waals surface area contributed by atoms with E-state index < -0.39 is 0 Å². The third kappa shape index (κ3) is 3.60. The lowest BCUT2D eigenvalue weighted by atomic mass is 9.93. The molecule has 2 rings (SSSR count). The molecule has 1 heterocycles. The van der Waals surface area contributed by atoms with Crippen molar-refractivity contribution in [3.05, 3.63) is 29.3 Å². The van der Waals surface area contributed by atoms with Crippen LogP contribution < -0.4 is 10.6 Å². The van der Waals surface area contributed by atoms with Crippen molar-refractivity contribution in [1.29, 1.82) is 0 Å². The molecule has 1 unspecified atom stereocenters. The zero-order valence-corrected chi connectivity index (χ0v) is 12.8. The third-order valence-electron chi connectivity index (χ3n) is 3.89. The Morgan fingerprint density at radius 2 is 2.10 bits per heavy atom. The molecule has 20 heavy (non-hydrogen) atoms. The number of hydrogen-bond acceptors (Lipinski definition) is 2. The summed E-state index contributed by atoms with van der Waals surface area (Å²) in [7, 11) is 0. The van der Waals surface area contributed by atoms with Crippen LogP contribution in [0.25, 0.3) is 0 Å². The number of fused-ring (bicyclic) bond motifs is 1. The number of carbonyl (C=O) groups excluding carboxylic acids is 1. The van der Waals surface area contributed by atoms with E-state index in [0.29, 0.717) is 18.4 Å². The van der Waals surface area contributed by atoms with Gasteiger partial charge in [-0.15, -0.1) is 0 Å². The Bertz CT molecular complexity index is 468. The number of nitrogens with one attached hydrogen (secondary N) is 2. The van der Waals surface area contributed by atoms with Crippen LogP contribution in [0, 0.1) is 5.92 Å². The van der Waals surface area contributed by atoms with Gasteiger partial charge in [0, 0.05) is 18.2 Å². The van der Waals surface area contributed by atoms with Crippen molar-refractivity contribution < 1.29 is 4.79 Å². The molecule has 2 N–H and O–H groups in total. The summed E-state index contributed by atoms with van der Waals surface area (Å²) in [6, 6.07) is 6.88. The first-order valence-electron chi connectivity index (χ1n) is 7.78. The summed E-state index contributed by atoms with van der Waals surface area (Å²) in [4.78, 5) is 11.6. The van der Waals surface area contributed by atoms with Gasteiger partial charge in [0.1, 0.15) is 0 Å². The third-order valence-corrected chi connectivity index (χ3v) is 3.89. The first-order chi connectivity index (χ1) is 9.61. The van der Waals surface area contributed by atoms with Gasteiger partial charge in [-0.05, 0) is 48.9 Å². The molecular formula is C17H26N2O. The van der Waals surface area contributed by atoms with Crippen LogP contribution >= 0.6 is 0 Å². The number of hydrogen-bond donors (Lipinski definition) is 2. The minimum atomic E-state index is 0.140. The van der Waals surface area contributed by atoms with E-state index in [4.69, 9.17) is 0 Å². The number of anilines is 1. The van der Waals surface area contributed by atoms with Crippen LogP contribution in [0.4, 0.5) is 5.69 Å². The molecule has 110 valence electrons. The highest BCUT2D eigenvalue weighted by Crippen LogP contribution is 2.28. The van der Waals surface area contributed by atoms with Crippen molar-refractivity contribution in [2.24, 2.45) is 5.92 Å². The molecule has 1 amide bonds. The molecule has 0 saturated heterocycles. The van der Waals surface area contributed by atoms with Crippen LogP contribution in [0.3, 0.4) is 0 Å². The molecule has 0 aliphatic carbocycles. The second-order valence-corrected chi connectivity index (χ2v) is 5.99. The van der Waals surface area contributed by atoms with Gasteiger partial charge in [0.25, 0.3) is 0 Å². The van der Waals surface area contributed by atoms with Crippen LogP contribution in [-0.2, 0) is 11.2 Å². The Balaban J connectivity index is 2.24. The molecule has 0 aromatic heterocycles. The fraction of sp³-hybridized carbons (Fsp3) is 0.588. The molecule has 0 radical (unpaired) electrons. The standard InChI is InChI=1S/C17H26N2O/c1-4-10-18-17(12(2)3)14-8-9-15-13(11-14)6-5-7-16(20)19-15/h8-9,11-12,17-18H,4-7,10H2,1-3H3,(H,19,20). The Kier molecular flexibility index (Phi) is 5.18. The highest BCUT2D eigenvalue weighted by Gasteiger charge is 2.18. The van der Waals surface area contributed by atoms with Crippen LogP contribution in [-0.4, -0.2) is 12.5 Å². The first kappa shape index (κ1) is 15.0. The second kappa shape index (κ2) is 6.89. The maximum atomic E-state index is 11.6. The molecule has 0 fully saturated rings. The zero-order chi connectivity index (χ0) is 14.5. The van der Waals surface area contributed by atoms with Crippen molar-refractivity contribution in [2.45, 2.75) is 52.5 Å². The highest BCUT2D eigenvalue weighted by atomic mass is 16.1. The van der Waals surface area contributed by atoms with E-state index in [1.807, 2.05) is 0 Å². The predicted octanol–water partition coefficient (Wildman–Crippen LogP) is 3.66. The number of carbonyl (C=O) groups is 1. The fourth-order valence-electron chi connectivity index (χ4n) is 2.83. The smallest absolute Gasteiger partial charge is 0.224 e. The lowest BCUT2D eigenvalue weighted by molar-refractivity contribution is -0.116. The van der Waals surface area contributed by atoms with Crippen molar-refractivity contribution in [1.82, 2.24) is 5.32 Å². The largest absolute Gasteiger partial charge is 0.326 e. The molecule has 1 aromatic carbocycles. The minimum absolute atomic E-state index is 0.140. The maximum Gasteiger partial charge on any atom is 0.224 e. The molecule has 1 atom stereocenters. The maximum absolute atomic E-state index is 11.6. The summed E-state index contributed by atoms with van der Waals surface area (Å²) >= 11 is 0. The number of aryl methyl sites for hydroxylation is 1. The SMILES string of the molecule is CCCNC(c1ccc2c(c1)CCCC(=O)N2)C(C)C. The van der Waals surface area contributed by atoms with Crippen LogP contribution in [0.1, 0.15) is 57.2 Å². The summed E-state index contributed by atoms with van der Waals surface area (Å²) in [6.07, 6.45) is 3.70. The van der Waals surface area contributed by atoms with Gasteiger partial charge in [0.2, 0.25) is 5.91 Å². The quantitative estimate of drug-likeness (QED) is 0.860. The van der Waals surface area contributed by atoms with Gasteiger partial charge in [-0.2, -0.15) is 0 Å². The molecule has 0 bridgehead atoms. The Morgan fingerprint density at radius 1 is 1.30 bits per heavy atom. The Hall–Kier alpha value is -1.35. The van der Waals surface area contributed by atoms with Crippen LogP contribution in [0.15, 0.2) is 18.2 Å². The first-order valence-corrected chi connectivity index (χ1v) is 7.78. The Morgan fingerprint density at radius 3 is 2.80 bits per heavy atom. The predicted molar refractivity (Wildman–Crippen MR) is 83.9 cm³/mol. The van der Waals surface area contributed by atoms with Gasteiger partial charge >= 0.3 is 0 Å². The average molecular weight is 274 g/mol. The van der Waals surface area contributed by atoms with Crippen molar-refractivity contribution in [3.8, 4) is 0 Å². The van der Waals surface area contributed by atoms with Crippen LogP contribution in [0.5, 0.6) is 0 Å². The molecule has 0 saturated carbocycles. The fourth-order valence-corrected chi connectivity index (χ4v) is 2.83. The van der Waals surface area contributed by atoms with E-state index >= 15 is 0 Å². The zero-order valence-electron chi connectivity index (χ0n) is 12.8. The number of rotatable bonds is 5. The topological polar surface area (TPSA) is 41.1 Å². The normalized spacial score (nSPS) is 16.5. The summed E-state index contributed by atoms with van der Waals surface area (Å²) in [6.45, 7) is 7.73. The van der Waals surface area contributed by atoms with Gasteiger partial charge in [0.05, 0.1) is 0 Å². The summed E-state index contributed by atoms with van der Waals surface area (Å²) in [5.41, 5.74) is 3.61. The number of amides is 1. The van der Waals surface area contributed by atoms with Gasteiger partial charge in [0.15, 0.2) is 0 Å². The van der Waals surface area contributed by atoms with Gasteiger partial charge in [-0.25, -0.2) is 0 Å². The average Bonchev–Trinajstić information content (AvgIpc) is 2.59. The van der Waals surface area contributed by atoms with Crippen molar-refractivity contribution in [3.63, 3.8) is 0 Å². The van der Waals surface area contributed by atoms with Gasteiger partial charge in [-0.3, -0.25) is 4.79 Å². The lowest BCUT2D eigenvalue weighted by Crippen LogP contribution is -2.26. The van der Waals surface area contributed by atoms with Gasteiger partial charge in [-0.1, -0.05) is 32.9 Å². The molecule has 0 spiro atoms.